The standard InChI is InChI=1S/C19H17BrN2O4/c20-15-7-4-6-14(12-15)19-21-17(26-22-19)13-25-18(23)10-5-11-24-16-8-2-1-3-9-16/h1-4,6-9,12H,5,10-11,13H2. The van der Waals surface area contributed by atoms with Crippen LogP contribution < -0.4 is 4.74 Å². The van der Waals surface area contributed by atoms with Gasteiger partial charge in [0.1, 0.15) is 5.75 Å². The molecule has 0 fully saturated rings. The quantitative estimate of drug-likeness (QED) is 0.400. The van der Waals surface area contributed by atoms with Crippen molar-refractivity contribution in [1.29, 1.82) is 0 Å². The monoisotopic (exact) mass is 416 g/mol. The van der Waals surface area contributed by atoms with Crippen LogP contribution in [-0.2, 0) is 16.1 Å². The molecule has 134 valence electrons. The average molecular weight is 417 g/mol. The summed E-state index contributed by atoms with van der Waals surface area (Å²) in [4.78, 5) is 16.0. The number of rotatable bonds is 8. The molecule has 0 saturated carbocycles. The molecule has 7 heteroatoms. The van der Waals surface area contributed by atoms with E-state index in [4.69, 9.17) is 14.0 Å². The van der Waals surface area contributed by atoms with E-state index in [2.05, 4.69) is 26.1 Å². The first kappa shape index (κ1) is 18.1. The number of ether oxygens (including phenoxy) is 2. The highest BCUT2D eigenvalue weighted by Gasteiger charge is 2.11. The van der Waals surface area contributed by atoms with Gasteiger partial charge in [0.05, 0.1) is 6.61 Å². The van der Waals surface area contributed by atoms with Crippen LogP contribution in [0.1, 0.15) is 18.7 Å². The second kappa shape index (κ2) is 9.15. The van der Waals surface area contributed by atoms with E-state index in [0.29, 0.717) is 18.9 Å². The Morgan fingerprint density at radius 2 is 1.96 bits per heavy atom. The van der Waals surface area contributed by atoms with Crippen LogP contribution in [0.25, 0.3) is 11.4 Å². The molecule has 0 N–H and O–H groups in total. The maximum absolute atomic E-state index is 11.8. The van der Waals surface area contributed by atoms with Gasteiger partial charge in [0.15, 0.2) is 6.61 Å². The van der Waals surface area contributed by atoms with Crippen LogP contribution >= 0.6 is 15.9 Å². The Morgan fingerprint density at radius 3 is 2.77 bits per heavy atom. The van der Waals surface area contributed by atoms with Gasteiger partial charge in [-0.05, 0) is 30.7 Å². The van der Waals surface area contributed by atoms with E-state index in [9.17, 15) is 4.79 Å². The minimum Gasteiger partial charge on any atom is -0.494 e. The van der Waals surface area contributed by atoms with E-state index in [0.717, 1.165) is 15.8 Å². The lowest BCUT2D eigenvalue weighted by Gasteiger charge is -2.05. The lowest BCUT2D eigenvalue weighted by Crippen LogP contribution is -2.07. The molecule has 3 aromatic rings. The maximum atomic E-state index is 11.8. The van der Waals surface area contributed by atoms with Crippen LogP contribution in [0.2, 0.25) is 0 Å². The second-order valence-electron chi connectivity index (χ2n) is 5.45. The number of aromatic nitrogens is 2. The molecule has 0 aliphatic heterocycles. The molecule has 3 rings (SSSR count). The van der Waals surface area contributed by atoms with Crippen LogP contribution in [0.4, 0.5) is 0 Å². The van der Waals surface area contributed by atoms with Gasteiger partial charge in [-0.25, -0.2) is 0 Å². The van der Waals surface area contributed by atoms with E-state index in [1.807, 2.05) is 54.6 Å². The highest BCUT2D eigenvalue weighted by atomic mass is 79.9. The summed E-state index contributed by atoms with van der Waals surface area (Å²) < 4.78 is 16.7. The first-order valence-corrected chi connectivity index (χ1v) is 8.92. The number of carbonyl (C=O) groups is 1. The Kier molecular flexibility index (Phi) is 6.38. The number of halogens is 1. The molecule has 1 heterocycles. The summed E-state index contributed by atoms with van der Waals surface area (Å²) in [6.07, 6.45) is 0.834. The van der Waals surface area contributed by atoms with Crippen molar-refractivity contribution in [3.8, 4) is 17.1 Å². The molecule has 0 radical (unpaired) electrons. The summed E-state index contributed by atoms with van der Waals surface area (Å²) in [5, 5.41) is 3.90. The molecule has 0 amide bonds. The van der Waals surface area contributed by atoms with Crippen molar-refractivity contribution in [2.45, 2.75) is 19.4 Å². The van der Waals surface area contributed by atoms with Gasteiger partial charge in [0, 0.05) is 16.5 Å². The molecule has 2 aromatic carbocycles. The number of hydrogen-bond donors (Lipinski definition) is 0. The van der Waals surface area contributed by atoms with E-state index in [1.165, 1.54) is 0 Å². The Balaban J connectivity index is 1.39. The third kappa shape index (κ3) is 5.42. The van der Waals surface area contributed by atoms with Crippen molar-refractivity contribution in [1.82, 2.24) is 10.1 Å². The number of nitrogens with zero attached hydrogens (tertiary/aromatic N) is 2. The topological polar surface area (TPSA) is 74.5 Å². The molecule has 0 atom stereocenters. The van der Waals surface area contributed by atoms with Crippen molar-refractivity contribution in [2.24, 2.45) is 0 Å². The largest absolute Gasteiger partial charge is 0.494 e. The minimum atomic E-state index is -0.330. The third-order valence-corrected chi connectivity index (χ3v) is 3.94. The SMILES string of the molecule is O=C(CCCOc1ccccc1)OCc1nc(-c2cccc(Br)c2)no1. The summed E-state index contributed by atoms with van der Waals surface area (Å²) in [5.41, 5.74) is 0.818. The van der Waals surface area contributed by atoms with Crippen molar-refractivity contribution in [3.63, 3.8) is 0 Å². The molecular weight excluding hydrogens is 400 g/mol. The maximum Gasteiger partial charge on any atom is 0.306 e. The Bertz CT molecular complexity index is 852. The fourth-order valence-corrected chi connectivity index (χ4v) is 2.60. The highest BCUT2D eigenvalue weighted by molar-refractivity contribution is 9.10. The zero-order valence-electron chi connectivity index (χ0n) is 13.9. The van der Waals surface area contributed by atoms with Crippen LogP contribution in [0.3, 0.4) is 0 Å². The summed E-state index contributed by atoms with van der Waals surface area (Å²) in [6, 6.07) is 17.0. The number of hydrogen-bond acceptors (Lipinski definition) is 6. The molecule has 0 spiro atoms. The number of esters is 1. The fraction of sp³-hybridized carbons (Fsp3) is 0.211. The number of benzene rings is 2. The normalized spacial score (nSPS) is 10.5. The van der Waals surface area contributed by atoms with Crippen LogP contribution in [0.15, 0.2) is 63.6 Å². The number of carbonyl (C=O) groups excluding carboxylic acids is 1. The molecule has 6 nitrogen and oxygen atoms in total. The van der Waals surface area contributed by atoms with Gasteiger partial charge >= 0.3 is 5.97 Å². The van der Waals surface area contributed by atoms with Crippen LogP contribution in [0.5, 0.6) is 5.75 Å². The van der Waals surface area contributed by atoms with Gasteiger partial charge in [-0.15, -0.1) is 0 Å². The fourth-order valence-electron chi connectivity index (χ4n) is 2.20. The molecule has 1 aromatic heterocycles. The first-order valence-electron chi connectivity index (χ1n) is 8.13. The lowest BCUT2D eigenvalue weighted by atomic mass is 10.2. The zero-order chi connectivity index (χ0) is 18.2. The van der Waals surface area contributed by atoms with Gasteiger partial charge in [-0.3, -0.25) is 4.79 Å². The molecule has 0 aliphatic rings. The zero-order valence-corrected chi connectivity index (χ0v) is 15.5. The average Bonchev–Trinajstić information content (AvgIpc) is 3.14. The molecule has 0 aliphatic carbocycles. The van der Waals surface area contributed by atoms with Crippen LogP contribution in [-0.4, -0.2) is 22.7 Å². The Hall–Kier alpha value is -2.67. The van der Waals surface area contributed by atoms with Gasteiger partial charge < -0.3 is 14.0 Å². The Labute approximate surface area is 159 Å². The number of para-hydroxylation sites is 1. The van der Waals surface area contributed by atoms with E-state index in [1.54, 1.807) is 0 Å². The van der Waals surface area contributed by atoms with E-state index in [-0.39, 0.29) is 24.9 Å². The molecule has 26 heavy (non-hydrogen) atoms. The smallest absolute Gasteiger partial charge is 0.306 e. The van der Waals surface area contributed by atoms with Gasteiger partial charge in [-0.1, -0.05) is 51.4 Å². The van der Waals surface area contributed by atoms with Crippen molar-refractivity contribution in [3.05, 3.63) is 65.0 Å². The van der Waals surface area contributed by atoms with Crippen molar-refractivity contribution < 1.29 is 18.8 Å². The molecule has 0 saturated heterocycles. The molecule has 0 bridgehead atoms. The van der Waals surface area contributed by atoms with Gasteiger partial charge in [-0.2, -0.15) is 4.98 Å². The van der Waals surface area contributed by atoms with Crippen molar-refractivity contribution in [2.75, 3.05) is 6.61 Å². The summed E-state index contributed by atoms with van der Waals surface area (Å²) in [7, 11) is 0. The van der Waals surface area contributed by atoms with E-state index >= 15 is 0 Å². The summed E-state index contributed by atoms with van der Waals surface area (Å²) >= 11 is 3.40. The Morgan fingerprint density at radius 1 is 1.12 bits per heavy atom. The van der Waals surface area contributed by atoms with E-state index < -0.39 is 0 Å². The summed E-state index contributed by atoms with van der Waals surface area (Å²) in [6.45, 7) is 0.409. The lowest BCUT2D eigenvalue weighted by molar-refractivity contribution is -0.146. The summed E-state index contributed by atoms with van der Waals surface area (Å²) in [5.74, 6) is 1.16. The van der Waals surface area contributed by atoms with Gasteiger partial charge in [0.25, 0.3) is 5.89 Å². The van der Waals surface area contributed by atoms with Crippen molar-refractivity contribution >= 4 is 21.9 Å². The molecule has 0 unspecified atom stereocenters. The van der Waals surface area contributed by atoms with Crippen LogP contribution in [0, 0.1) is 0 Å². The third-order valence-electron chi connectivity index (χ3n) is 3.44. The predicted molar refractivity (Wildman–Crippen MR) is 98.4 cm³/mol. The second-order valence-corrected chi connectivity index (χ2v) is 6.36. The highest BCUT2D eigenvalue weighted by Crippen LogP contribution is 2.20. The minimum absolute atomic E-state index is 0.0423. The predicted octanol–water partition coefficient (Wildman–Crippen LogP) is 4.40. The molecular formula is C19H17BrN2O4. The van der Waals surface area contributed by atoms with Gasteiger partial charge in [0.2, 0.25) is 5.82 Å². The first-order chi connectivity index (χ1) is 12.7.